The third-order valence-corrected chi connectivity index (χ3v) is 5.57. The minimum Gasteiger partial charge on any atom is -0.497 e. The second-order valence-corrected chi connectivity index (χ2v) is 7.35. The lowest BCUT2D eigenvalue weighted by Crippen LogP contribution is -2.33. The number of hydrogen-bond donors (Lipinski definition) is 2. The van der Waals surface area contributed by atoms with Crippen LogP contribution in [0.5, 0.6) is 5.75 Å². The quantitative estimate of drug-likeness (QED) is 0.702. The van der Waals surface area contributed by atoms with Crippen molar-refractivity contribution in [2.45, 2.75) is 37.4 Å². The van der Waals surface area contributed by atoms with Crippen molar-refractivity contribution in [3.63, 3.8) is 0 Å². The van der Waals surface area contributed by atoms with E-state index in [0.717, 1.165) is 30.2 Å². The van der Waals surface area contributed by atoms with Crippen molar-refractivity contribution in [1.29, 1.82) is 0 Å². The number of fused-ring (bicyclic) bond motifs is 3. The van der Waals surface area contributed by atoms with Crippen molar-refractivity contribution >= 4 is 22.9 Å². The first-order valence-corrected chi connectivity index (χ1v) is 9.44. The molecule has 3 N–H and O–H groups in total. The zero-order valence-electron chi connectivity index (χ0n) is 14.6. The van der Waals surface area contributed by atoms with E-state index in [-0.39, 0.29) is 0 Å². The molecule has 0 saturated carbocycles. The number of benzene rings is 2. The smallest absolute Gasteiger partial charge is 0.119 e. The Bertz CT molecular complexity index is 901. The fourth-order valence-corrected chi connectivity index (χ4v) is 3.99. The Morgan fingerprint density at radius 3 is 2.76 bits per heavy atom. The Labute approximate surface area is 152 Å². The van der Waals surface area contributed by atoms with Crippen LogP contribution < -0.4 is 15.2 Å². The average molecular weight is 353 g/mol. The Kier molecular flexibility index (Phi) is 4.46. The number of ether oxygens (including phenoxy) is 1. The Balaban J connectivity index is 1.81. The second kappa shape index (κ2) is 6.75. The minimum absolute atomic E-state index is 0.499. The molecule has 4 nitrogen and oxygen atoms in total. The maximum atomic E-state index is 5.63. The highest BCUT2D eigenvalue weighted by Gasteiger charge is 2.23. The minimum atomic E-state index is 0.499. The summed E-state index contributed by atoms with van der Waals surface area (Å²) in [5, 5.41) is 10.5. The van der Waals surface area contributed by atoms with Crippen molar-refractivity contribution in [3.05, 3.63) is 59.3 Å². The summed E-state index contributed by atoms with van der Waals surface area (Å²) in [5.41, 5.74) is 5.40. The van der Waals surface area contributed by atoms with Gasteiger partial charge < -0.3 is 14.6 Å². The molecule has 25 heavy (non-hydrogen) atoms. The summed E-state index contributed by atoms with van der Waals surface area (Å²) in [6.07, 6.45) is 1.05. The first kappa shape index (κ1) is 16.5. The lowest BCUT2D eigenvalue weighted by Gasteiger charge is -2.22. The van der Waals surface area contributed by atoms with Gasteiger partial charge in [0.15, 0.2) is 0 Å². The molecule has 0 fully saturated rings. The molecule has 4 rings (SSSR count). The summed E-state index contributed by atoms with van der Waals surface area (Å²) in [6.45, 7) is 4.02. The molecule has 2 aromatic carbocycles. The van der Waals surface area contributed by atoms with Crippen LogP contribution in [0.15, 0.2) is 47.4 Å². The van der Waals surface area contributed by atoms with Crippen LogP contribution in [0.1, 0.15) is 23.7 Å². The van der Waals surface area contributed by atoms with Gasteiger partial charge in [-0.15, -0.1) is 0 Å². The van der Waals surface area contributed by atoms with Crippen LogP contribution in [0.3, 0.4) is 0 Å². The third-order valence-electron chi connectivity index (χ3n) is 5.02. The average Bonchev–Trinajstić information content (AvgIpc) is 2.95. The summed E-state index contributed by atoms with van der Waals surface area (Å²) in [7, 11) is 1.73. The van der Waals surface area contributed by atoms with E-state index >= 15 is 0 Å². The van der Waals surface area contributed by atoms with Gasteiger partial charge >= 0.3 is 0 Å². The molecule has 1 aliphatic heterocycles. The van der Waals surface area contributed by atoms with Crippen molar-refractivity contribution in [1.82, 2.24) is 9.88 Å². The third kappa shape index (κ3) is 3.03. The largest absolute Gasteiger partial charge is 0.497 e. The molecule has 1 atom stereocenters. The molecule has 0 aliphatic carbocycles. The van der Waals surface area contributed by atoms with Gasteiger partial charge in [-0.05, 0) is 66.8 Å². The normalized spacial score (nSPS) is 16.8. The highest BCUT2D eigenvalue weighted by atomic mass is 32.2. The van der Waals surface area contributed by atoms with E-state index in [2.05, 4.69) is 59.3 Å². The van der Waals surface area contributed by atoms with Crippen LogP contribution in [0.2, 0.25) is 0 Å². The highest BCUT2D eigenvalue weighted by Crippen LogP contribution is 2.33. The predicted octanol–water partition coefficient (Wildman–Crippen LogP) is 3.70. The number of hydrogen-bond acceptors (Lipinski definition) is 4. The van der Waals surface area contributed by atoms with Crippen molar-refractivity contribution in [3.8, 4) is 5.75 Å². The summed E-state index contributed by atoms with van der Waals surface area (Å²) in [5.74, 6) is 0.919. The standard InChI is InChI=1S/C20H23N3OS/c1-13-9-17-18-10-15(24-2)5-8-19(18)23(20(17)11-22-13)12-14-3-6-16(25-21)7-4-14/h3-8,10,13,22H,9,11-12,21H2,1-2H3. The van der Waals surface area contributed by atoms with Gasteiger partial charge in [-0.3, -0.25) is 5.14 Å². The lowest BCUT2D eigenvalue weighted by molar-refractivity contribution is 0.415. The van der Waals surface area contributed by atoms with Gasteiger partial charge in [0.1, 0.15) is 5.75 Å². The van der Waals surface area contributed by atoms with Crippen molar-refractivity contribution < 1.29 is 4.74 Å². The molecule has 5 heteroatoms. The maximum absolute atomic E-state index is 5.63. The predicted molar refractivity (Wildman–Crippen MR) is 104 cm³/mol. The number of methoxy groups -OCH3 is 1. The summed E-state index contributed by atoms with van der Waals surface area (Å²) in [6, 6.07) is 15.4. The lowest BCUT2D eigenvalue weighted by atomic mass is 9.99. The second-order valence-electron chi connectivity index (χ2n) is 6.64. The number of nitrogens with one attached hydrogen (secondary N) is 1. The molecule has 130 valence electrons. The molecule has 0 radical (unpaired) electrons. The molecule has 1 aromatic heterocycles. The molecule has 0 saturated heterocycles. The van der Waals surface area contributed by atoms with Crippen LogP contribution in [-0.4, -0.2) is 17.7 Å². The van der Waals surface area contributed by atoms with Gasteiger partial charge in [0.25, 0.3) is 0 Å². The Hall–Kier alpha value is -1.95. The van der Waals surface area contributed by atoms with Gasteiger partial charge in [-0.25, -0.2) is 0 Å². The van der Waals surface area contributed by atoms with Crippen LogP contribution >= 0.6 is 11.9 Å². The summed E-state index contributed by atoms with van der Waals surface area (Å²) >= 11 is 1.28. The molecular formula is C20H23N3OS. The van der Waals surface area contributed by atoms with Gasteiger partial charge in [-0.1, -0.05) is 12.1 Å². The van der Waals surface area contributed by atoms with Crippen LogP contribution in [0.25, 0.3) is 10.9 Å². The van der Waals surface area contributed by atoms with Gasteiger partial charge in [-0.2, -0.15) is 0 Å². The zero-order chi connectivity index (χ0) is 17.4. The Morgan fingerprint density at radius 1 is 1.24 bits per heavy atom. The molecule has 1 unspecified atom stereocenters. The van der Waals surface area contributed by atoms with Crippen LogP contribution in [0.4, 0.5) is 0 Å². The van der Waals surface area contributed by atoms with Crippen LogP contribution in [0, 0.1) is 0 Å². The molecule has 0 bridgehead atoms. The molecule has 3 aromatic rings. The van der Waals surface area contributed by atoms with Gasteiger partial charge in [0, 0.05) is 40.6 Å². The summed E-state index contributed by atoms with van der Waals surface area (Å²) < 4.78 is 7.89. The molecule has 0 amide bonds. The number of rotatable bonds is 4. The van der Waals surface area contributed by atoms with Gasteiger partial charge in [0.05, 0.1) is 7.11 Å². The van der Waals surface area contributed by atoms with E-state index in [1.54, 1.807) is 7.11 Å². The SMILES string of the molecule is COc1ccc2c(c1)c1c(n2Cc2ccc(SN)cc2)CNC(C)C1. The zero-order valence-corrected chi connectivity index (χ0v) is 15.4. The molecule has 0 spiro atoms. The monoisotopic (exact) mass is 353 g/mol. The first-order valence-electron chi connectivity index (χ1n) is 8.56. The van der Waals surface area contributed by atoms with E-state index < -0.39 is 0 Å². The molecule has 2 heterocycles. The molecular weight excluding hydrogens is 330 g/mol. The van der Waals surface area contributed by atoms with Crippen molar-refractivity contribution in [2.75, 3.05) is 7.11 Å². The number of nitrogens with two attached hydrogens (primary N) is 1. The maximum Gasteiger partial charge on any atom is 0.119 e. The van der Waals surface area contributed by atoms with Crippen LogP contribution in [-0.2, 0) is 19.5 Å². The van der Waals surface area contributed by atoms with E-state index in [1.165, 1.54) is 39.7 Å². The number of nitrogens with zero attached hydrogens (tertiary/aromatic N) is 1. The van der Waals surface area contributed by atoms with E-state index in [9.17, 15) is 0 Å². The number of aromatic nitrogens is 1. The summed E-state index contributed by atoms with van der Waals surface area (Å²) in [4.78, 5) is 1.09. The van der Waals surface area contributed by atoms with Gasteiger partial charge in [0.2, 0.25) is 0 Å². The van der Waals surface area contributed by atoms with Crippen molar-refractivity contribution in [2.24, 2.45) is 5.14 Å². The van der Waals surface area contributed by atoms with E-state index in [1.807, 2.05) is 0 Å². The fourth-order valence-electron chi connectivity index (χ4n) is 3.70. The fraction of sp³-hybridized carbons (Fsp3) is 0.300. The molecule has 1 aliphatic rings. The Morgan fingerprint density at radius 2 is 2.04 bits per heavy atom. The van der Waals surface area contributed by atoms with E-state index in [0.29, 0.717) is 6.04 Å². The van der Waals surface area contributed by atoms with E-state index in [4.69, 9.17) is 9.88 Å². The first-order chi connectivity index (χ1) is 12.2. The topological polar surface area (TPSA) is 52.2 Å². The highest BCUT2D eigenvalue weighted by molar-refractivity contribution is 7.97.